The molecule has 10 nitrogen and oxygen atoms in total. The number of hydrogen-bond donors (Lipinski definition) is 4. The van der Waals surface area contributed by atoms with Crippen molar-refractivity contribution in [3.8, 4) is 0 Å². The lowest BCUT2D eigenvalue weighted by atomic mass is 10.0. The number of unbranched alkanes of at least 4 members (excludes halogenated alkanes) is 1. The van der Waals surface area contributed by atoms with Gasteiger partial charge in [0.2, 0.25) is 5.91 Å². The Morgan fingerprint density at radius 1 is 1.38 bits per heavy atom. The zero-order valence-electron chi connectivity index (χ0n) is 16.3. The molecule has 11 heteroatoms. The van der Waals surface area contributed by atoms with E-state index in [1.165, 1.54) is 12.3 Å². The first-order valence-corrected chi connectivity index (χ1v) is 11.1. The highest BCUT2D eigenvalue weighted by molar-refractivity contribution is 7.89. The zero-order valence-corrected chi connectivity index (χ0v) is 17.1. The van der Waals surface area contributed by atoms with Crippen LogP contribution in [0.15, 0.2) is 29.4 Å². The van der Waals surface area contributed by atoms with E-state index >= 15 is 0 Å². The molecule has 1 aromatic heterocycles. The van der Waals surface area contributed by atoms with Gasteiger partial charge in [0.1, 0.15) is 6.04 Å². The Morgan fingerprint density at radius 2 is 2.14 bits per heavy atom. The molecule has 0 aliphatic carbocycles. The average Bonchev–Trinajstić information content (AvgIpc) is 2.87. The molecule has 0 spiro atoms. The van der Waals surface area contributed by atoms with Crippen molar-refractivity contribution in [3.05, 3.63) is 24.4 Å². The first kappa shape index (κ1) is 23.0. The first-order chi connectivity index (χ1) is 13.8. The second-order valence-electron chi connectivity index (χ2n) is 7.00. The summed E-state index contributed by atoms with van der Waals surface area (Å²) in [5.41, 5.74) is 0. The van der Waals surface area contributed by atoms with E-state index < -0.39 is 40.2 Å². The lowest BCUT2D eigenvalue weighted by Gasteiger charge is -2.26. The third-order valence-corrected chi connectivity index (χ3v) is 6.59. The number of nitrogens with one attached hydrogen (secondary N) is 2. The maximum atomic E-state index is 12.8. The molecule has 2 rings (SSSR count). The maximum Gasteiger partial charge on any atom is 0.405 e. The molecule has 0 aromatic carbocycles. The summed E-state index contributed by atoms with van der Waals surface area (Å²) in [5, 5.41) is 24.3. The number of carbonyl (C=O) groups is 2. The Hall–Kier alpha value is -2.24. The lowest BCUT2D eigenvalue weighted by molar-refractivity contribution is -0.124. The Kier molecular flexibility index (Phi) is 8.35. The monoisotopic (exact) mass is 428 g/mol. The van der Waals surface area contributed by atoms with Gasteiger partial charge in [-0.3, -0.25) is 4.79 Å². The largest absolute Gasteiger partial charge is 0.465 e. The van der Waals surface area contributed by atoms with Crippen LogP contribution in [-0.2, 0) is 14.8 Å². The van der Waals surface area contributed by atoms with Gasteiger partial charge in [0.15, 0.2) is 5.03 Å². The molecule has 0 bridgehead atoms. The zero-order chi connectivity index (χ0) is 21.4. The van der Waals surface area contributed by atoms with E-state index in [9.17, 15) is 23.1 Å². The molecule has 2 amide bonds. The number of amides is 2. The highest BCUT2D eigenvalue weighted by atomic mass is 32.2. The summed E-state index contributed by atoms with van der Waals surface area (Å²) < 4.78 is 26.7. The first-order valence-electron chi connectivity index (χ1n) is 9.64. The fraction of sp³-hybridized carbons (Fsp3) is 0.611. The second-order valence-corrected chi connectivity index (χ2v) is 8.88. The van der Waals surface area contributed by atoms with E-state index in [0.29, 0.717) is 25.7 Å². The number of aromatic nitrogens is 1. The maximum absolute atomic E-state index is 12.8. The molecule has 2 heterocycles. The summed E-state index contributed by atoms with van der Waals surface area (Å²) in [7, 11) is -3.85. The molecule has 0 saturated carbocycles. The van der Waals surface area contributed by atoms with Crippen LogP contribution in [0.4, 0.5) is 4.79 Å². The van der Waals surface area contributed by atoms with Crippen molar-refractivity contribution in [2.45, 2.75) is 62.2 Å². The standard InChI is InChI=1S/C18H28N4O6S/c1-2-3-7-14(21-18(25)26)17(24)20-13-8-6-11-22(12-15(13)23)29(27,28)16-9-4-5-10-19-16/h4-5,9-10,13-15,21,23H,2-3,6-8,11-12H2,1H3,(H,20,24)(H,25,26)/t13?,14-,15?/m0/s1. The molecule has 1 aromatic rings. The predicted molar refractivity (Wildman–Crippen MR) is 105 cm³/mol. The van der Waals surface area contributed by atoms with Crippen LogP contribution in [0.5, 0.6) is 0 Å². The summed E-state index contributed by atoms with van der Waals surface area (Å²) in [6.45, 7) is 1.94. The summed E-state index contributed by atoms with van der Waals surface area (Å²) >= 11 is 0. The van der Waals surface area contributed by atoms with Crippen molar-refractivity contribution >= 4 is 22.0 Å². The number of pyridine rings is 1. The van der Waals surface area contributed by atoms with Gasteiger partial charge in [0, 0.05) is 19.3 Å². The number of rotatable bonds is 8. The van der Waals surface area contributed by atoms with Gasteiger partial charge in [0.25, 0.3) is 10.0 Å². The highest BCUT2D eigenvalue weighted by Crippen LogP contribution is 2.19. The topological polar surface area (TPSA) is 149 Å². The van der Waals surface area contributed by atoms with E-state index in [1.807, 2.05) is 6.92 Å². The van der Waals surface area contributed by atoms with Gasteiger partial charge in [-0.2, -0.15) is 4.31 Å². The molecular formula is C18H28N4O6S. The normalized spacial score (nSPS) is 21.7. The molecule has 1 aliphatic heterocycles. The van der Waals surface area contributed by atoms with E-state index in [0.717, 1.165) is 10.7 Å². The lowest BCUT2D eigenvalue weighted by Crippen LogP contribution is -2.53. The van der Waals surface area contributed by atoms with Crippen LogP contribution in [0.1, 0.15) is 39.0 Å². The SMILES string of the molecule is CCCC[C@H](NC(=O)O)C(=O)NC1CCCN(S(=O)(=O)c2ccccn2)CC1O. The van der Waals surface area contributed by atoms with Crippen molar-refractivity contribution in [2.75, 3.05) is 13.1 Å². The summed E-state index contributed by atoms with van der Waals surface area (Å²) in [5.74, 6) is -0.522. The third-order valence-electron chi connectivity index (χ3n) is 4.81. The summed E-state index contributed by atoms with van der Waals surface area (Å²) in [6.07, 6.45) is 1.58. The van der Waals surface area contributed by atoms with Gasteiger partial charge >= 0.3 is 6.09 Å². The minimum absolute atomic E-state index is 0.0972. The molecule has 3 atom stereocenters. The minimum atomic E-state index is -3.85. The number of carboxylic acid groups (broad SMARTS) is 1. The number of aliphatic hydroxyl groups excluding tert-OH is 1. The Bertz CT molecular complexity index is 789. The van der Waals surface area contributed by atoms with Gasteiger partial charge in [-0.15, -0.1) is 0 Å². The number of aliphatic hydroxyl groups is 1. The van der Waals surface area contributed by atoms with Crippen LogP contribution in [0.3, 0.4) is 0 Å². The van der Waals surface area contributed by atoms with Crippen LogP contribution in [0.2, 0.25) is 0 Å². The quantitative estimate of drug-likeness (QED) is 0.472. The van der Waals surface area contributed by atoms with Crippen molar-refractivity contribution in [1.29, 1.82) is 0 Å². The number of sulfonamides is 1. The molecule has 162 valence electrons. The molecule has 4 N–H and O–H groups in total. The molecule has 1 aliphatic rings. The third kappa shape index (κ3) is 6.38. The average molecular weight is 429 g/mol. The number of β-amino-alcohol motifs (C(OH)–C–C–N with tert-alkyl or cyclic N) is 1. The van der Waals surface area contributed by atoms with E-state index in [-0.39, 0.29) is 18.1 Å². The van der Waals surface area contributed by atoms with E-state index in [2.05, 4.69) is 15.6 Å². The summed E-state index contributed by atoms with van der Waals surface area (Å²) in [6, 6.07) is 2.98. The van der Waals surface area contributed by atoms with E-state index in [1.54, 1.807) is 12.1 Å². The van der Waals surface area contributed by atoms with Crippen molar-refractivity contribution in [2.24, 2.45) is 0 Å². The summed E-state index contributed by atoms with van der Waals surface area (Å²) in [4.78, 5) is 27.4. The second kappa shape index (κ2) is 10.5. The van der Waals surface area contributed by atoms with Gasteiger partial charge in [-0.25, -0.2) is 18.2 Å². The van der Waals surface area contributed by atoms with Gasteiger partial charge in [-0.05, 0) is 31.4 Å². The van der Waals surface area contributed by atoms with Crippen molar-refractivity contribution in [1.82, 2.24) is 19.9 Å². The number of hydrogen-bond acceptors (Lipinski definition) is 6. The smallest absolute Gasteiger partial charge is 0.405 e. The van der Waals surface area contributed by atoms with Crippen LogP contribution in [-0.4, -0.2) is 71.2 Å². The van der Waals surface area contributed by atoms with Crippen LogP contribution in [0, 0.1) is 0 Å². The van der Waals surface area contributed by atoms with Crippen molar-refractivity contribution in [3.63, 3.8) is 0 Å². The van der Waals surface area contributed by atoms with Crippen LogP contribution in [0.25, 0.3) is 0 Å². The number of nitrogens with zero attached hydrogens (tertiary/aromatic N) is 2. The fourth-order valence-corrected chi connectivity index (χ4v) is 4.66. The van der Waals surface area contributed by atoms with E-state index in [4.69, 9.17) is 5.11 Å². The minimum Gasteiger partial charge on any atom is -0.465 e. The Morgan fingerprint density at radius 3 is 2.76 bits per heavy atom. The fourth-order valence-electron chi connectivity index (χ4n) is 3.24. The van der Waals surface area contributed by atoms with Crippen LogP contribution < -0.4 is 10.6 Å². The van der Waals surface area contributed by atoms with Gasteiger partial charge in [0.05, 0.1) is 12.1 Å². The predicted octanol–water partition coefficient (Wildman–Crippen LogP) is 0.538. The van der Waals surface area contributed by atoms with Gasteiger partial charge < -0.3 is 20.8 Å². The van der Waals surface area contributed by atoms with Crippen LogP contribution >= 0.6 is 0 Å². The van der Waals surface area contributed by atoms with Crippen molar-refractivity contribution < 1.29 is 28.2 Å². The molecule has 2 unspecified atom stereocenters. The Labute approximate surface area is 170 Å². The number of carbonyl (C=O) groups excluding carboxylic acids is 1. The molecule has 29 heavy (non-hydrogen) atoms. The molecule has 1 saturated heterocycles. The highest BCUT2D eigenvalue weighted by Gasteiger charge is 2.34. The molecule has 1 fully saturated rings. The molecule has 0 radical (unpaired) electrons. The molecular weight excluding hydrogens is 400 g/mol. The van der Waals surface area contributed by atoms with Gasteiger partial charge in [-0.1, -0.05) is 25.8 Å². The Balaban J connectivity index is 2.05.